The number of aliphatic carboxylic acids is 1. The number of allylic oxidation sites excluding steroid dienone is 1. The van der Waals surface area contributed by atoms with Crippen LogP contribution in [0.15, 0.2) is 72.8 Å². The summed E-state index contributed by atoms with van der Waals surface area (Å²) >= 11 is 0. The number of hydrogen-bond donors (Lipinski definition) is 1. The van der Waals surface area contributed by atoms with Crippen LogP contribution in [0.3, 0.4) is 0 Å². The molecule has 6 heteroatoms. The van der Waals surface area contributed by atoms with Crippen LogP contribution >= 0.6 is 0 Å². The smallest absolute Gasteiger partial charge is 0.307 e. The zero-order valence-electron chi connectivity index (χ0n) is 21.3. The quantitative estimate of drug-likeness (QED) is 0.298. The highest BCUT2D eigenvalue weighted by atomic mass is 16.5. The molecule has 0 saturated carbocycles. The van der Waals surface area contributed by atoms with Crippen molar-refractivity contribution < 1.29 is 28.8 Å². The summed E-state index contributed by atoms with van der Waals surface area (Å²) in [7, 11) is 4.79. The number of hydrogen-bond acceptors (Lipinski definition) is 5. The van der Waals surface area contributed by atoms with Crippen molar-refractivity contribution in [1.82, 2.24) is 0 Å². The fourth-order valence-electron chi connectivity index (χ4n) is 4.05. The molecule has 0 radical (unpaired) electrons. The van der Waals surface area contributed by atoms with E-state index in [0.29, 0.717) is 37.6 Å². The van der Waals surface area contributed by atoms with Gasteiger partial charge in [0, 0.05) is 0 Å². The maximum Gasteiger partial charge on any atom is 0.307 e. The molecule has 190 valence electrons. The Kier molecular flexibility index (Phi) is 9.95. The average molecular weight is 491 g/mol. The van der Waals surface area contributed by atoms with Crippen LogP contribution < -0.4 is 14.2 Å². The summed E-state index contributed by atoms with van der Waals surface area (Å²) in [4.78, 5) is 12.3. The molecule has 0 aliphatic carbocycles. The Morgan fingerprint density at radius 2 is 1.58 bits per heavy atom. The van der Waals surface area contributed by atoms with Gasteiger partial charge in [-0.25, -0.2) is 0 Å². The van der Waals surface area contributed by atoms with Gasteiger partial charge in [0.1, 0.15) is 5.75 Å². The monoisotopic (exact) mass is 490 g/mol. The molecule has 0 aliphatic heterocycles. The molecule has 0 heterocycles. The van der Waals surface area contributed by atoms with Crippen LogP contribution in [-0.4, -0.2) is 39.0 Å². The first-order valence-electron chi connectivity index (χ1n) is 11.8. The maximum absolute atomic E-state index is 12.3. The second-order valence-corrected chi connectivity index (χ2v) is 8.55. The van der Waals surface area contributed by atoms with Crippen molar-refractivity contribution in [2.75, 3.05) is 27.9 Å². The number of carbonyl (C=O) groups is 1. The van der Waals surface area contributed by atoms with Crippen LogP contribution in [-0.2, 0) is 22.6 Å². The van der Waals surface area contributed by atoms with Crippen molar-refractivity contribution >= 4 is 11.5 Å². The Morgan fingerprint density at radius 1 is 0.861 bits per heavy atom. The number of aryl methyl sites for hydroxylation is 1. The van der Waals surface area contributed by atoms with Gasteiger partial charge in [-0.3, -0.25) is 4.79 Å². The number of methoxy groups -OCH3 is 3. The Balaban J connectivity index is 1.85. The number of rotatable bonds is 13. The van der Waals surface area contributed by atoms with Crippen molar-refractivity contribution in [3.63, 3.8) is 0 Å². The van der Waals surface area contributed by atoms with Gasteiger partial charge in [0.05, 0.1) is 40.5 Å². The van der Waals surface area contributed by atoms with Crippen LogP contribution in [0.25, 0.3) is 5.57 Å². The molecule has 0 aromatic heterocycles. The molecule has 3 rings (SSSR count). The minimum atomic E-state index is -0.855. The topological polar surface area (TPSA) is 74.2 Å². The third-order valence-electron chi connectivity index (χ3n) is 6.08. The first-order valence-corrected chi connectivity index (χ1v) is 11.8. The fraction of sp³-hybridized carbons (Fsp3) is 0.300. The molecule has 36 heavy (non-hydrogen) atoms. The summed E-state index contributed by atoms with van der Waals surface area (Å²) in [6.45, 7) is 2.79. The van der Waals surface area contributed by atoms with Crippen LogP contribution in [0.1, 0.15) is 28.7 Å². The zero-order chi connectivity index (χ0) is 25.9. The molecule has 0 spiro atoms. The number of ether oxygens (including phenoxy) is 4. The summed E-state index contributed by atoms with van der Waals surface area (Å²) in [6, 6.07) is 21.4. The molecule has 0 bridgehead atoms. The van der Waals surface area contributed by atoms with Gasteiger partial charge < -0.3 is 24.1 Å². The SMILES string of the molecule is COc1cc(C[C@@H](CC(=CCOCc2ccccc2)c2ccc(OC)c(OC)c2)C(=O)O)ccc1C. The zero-order valence-corrected chi connectivity index (χ0v) is 21.3. The Morgan fingerprint density at radius 3 is 2.25 bits per heavy atom. The van der Waals surface area contributed by atoms with Crippen LogP contribution in [0, 0.1) is 12.8 Å². The first kappa shape index (κ1) is 26.8. The van der Waals surface area contributed by atoms with E-state index in [-0.39, 0.29) is 0 Å². The van der Waals surface area contributed by atoms with E-state index in [1.165, 1.54) is 0 Å². The lowest BCUT2D eigenvalue weighted by atomic mass is 9.89. The first-order chi connectivity index (χ1) is 17.4. The third kappa shape index (κ3) is 7.36. The molecule has 0 unspecified atom stereocenters. The van der Waals surface area contributed by atoms with Gasteiger partial charge in [-0.05, 0) is 65.8 Å². The molecule has 0 amide bonds. The van der Waals surface area contributed by atoms with Crippen molar-refractivity contribution in [2.24, 2.45) is 5.92 Å². The van der Waals surface area contributed by atoms with E-state index in [9.17, 15) is 9.90 Å². The Hall–Kier alpha value is -3.77. The van der Waals surface area contributed by atoms with Gasteiger partial charge in [0.15, 0.2) is 11.5 Å². The van der Waals surface area contributed by atoms with Gasteiger partial charge in [0.25, 0.3) is 0 Å². The maximum atomic E-state index is 12.3. The summed E-state index contributed by atoms with van der Waals surface area (Å²) in [6.07, 6.45) is 2.66. The Bertz CT molecular complexity index is 1170. The standard InChI is InChI=1S/C30H34O6/c1-21-10-11-23(17-28(21)34-3)16-26(30(31)32)18-25(14-15-36-20-22-8-6-5-7-9-22)24-12-13-27(33-2)29(19-24)35-4/h5-14,17,19,26H,15-16,18,20H2,1-4H3,(H,31,32)/t26-/m0/s1. The second kappa shape index (κ2) is 13.4. The van der Waals surface area contributed by atoms with E-state index < -0.39 is 11.9 Å². The Labute approximate surface area is 213 Å². The van der Waals surface area contributed by atoms with Gasteiger partial charge in [0.2, 0.25) is 0 Å². The lowest BCUT2D eigenvalue weighted by molar-refractivity contribution is -0.141. The molecule has 1 atom stereocenters. The molecule has 6 nitrogen and oxygen atoms in total. The normalized spacial score (nSPS) is 12.2. The molecular formula is C30H34O6. The third-order valence-corrected chi connectivity index (χ3v) is 6.08. The highest BCUT2D eigenvalue weighted by Gasteiger charge is 2.22. The molecule has 0 saturated heterocycles. The molecule has 3 aromatic rings. The van der Waals surface area contributed by atoms with Crippen molar-refractivity contribution in [3.05, 3.63) is 95.1 Å². The van der Waals surface area contributed by atoms with E-state index in [1.807, 2.05) is 79.7 Å². The second-order valence-electron chi connectivity index (χ2n) is 8.55. The van der Waals surface area contributed by atoms with Gasteiger partial charge in [-0.1, -0.05) is 54.6 Å². The van der Waals surface area contributed by atoms with Gasteiger partial charge in [-0.2, -0.15) is 0 Å². The van der Waals surface area contributed by atoms with Crippen LogP contribution in [0.4, 0.5) is 0 Å². The number of carboxylic acids is 1. The van der Waals surface area contributed by atoms with Crippen molar-refractivity contribution in [2.45, 2.75) is 26.4 Å². The minimum absolute atomic E-state index is 0.329. The number of benzene rings is 3. The highest BCUT2D eigenvalue weighted by Crippen LogP contribution is 2.33. The molecule has 1 N–H and O–H groups in total. The molecule has 0 fully saturated rings. The van der Waals surface area contributed by atoms with Gasteiger partial charge in [-0.15, -0.1) is 0 Å². The van der Waals surface area contributed by atoms with E-state index in [4.69, 9.17) is 18.9 Å². The summed E-state index contributed by atoms with van der Waals surface area (Å²) < 4.78 is 22.2. The van der Waals surface area contributed by atoms with Gasteiger partial charge >= 0.3 is 5.97 Å². The number of carboxylic acid groups (broad SMARTS) is 1. The molecular weight excluding hydrogens is 456 g/mol. The highest BCUT2D eigenvalue weighted by molar-refractivity contribution is 5.76. The summed E-state index contributed by atoms with van der Waals surface area (Å²) in [5.41, 5.74) is 4.74. The summed E-state index contributed by atoms with van der Waals surface area (Å²) in [5.74, 6) is 0.460. The molecule has 3 aromatic carbocycles. The van der Waals surface area contributed by atoms with Crippen molar-refractivity contribution in [3.8, 4) is 17.2 Å². The van der Waals surface area contributed by atoms with E-state index in [2.05, 4.69) is 0 Å². The van der Waals surface area contributed by atoms with Crippen molar-refractivity contribution in [1.29, 1.82) is 0 Å². The lowest BCUT2D eigenvalue weighted by Crippen LogP contribution is -2.17. The van der Waals surface area contributed by atoms with Crippen LogP contribution in [0.2, 0.25) is 0 Å². The lowest BCUT2D eigenvalue weighted by Gasteiger charge is -2.18. The largest absolute Gasteiger partial charge is 0.496 e. The minimum Gasteiger partial charge on any atom is -0.496 e. The van der Waals surface area contributed by atoms with E-state index >= 15 is 0 Å². The predicted molar refractivity (Wildman–Crippen MR) is 141 cm³/mol. The summed E-state index contributed by atoms with van der Waals surface area (Å²) in [5, 5.41) is 10.1. The average Bonchev–Trinajstić information content (AvgIpc) is 2.90. The van der Waals surface area contributed by atoms with E-state index in [1.54, 1.807) is 21.3 Å². The van der Waals surface area contributed by atoms with E-state index in [0.717, 1.165) is 33.6 Å². The van der Waals surface area contributed by atoms with Crippen LogP contribution in [0.5, 0.6) is 17.2 Å². The fourth-order valence-corrected chi connectivity index (χ4v) is 4.05. The predicted octanol–water partition coefficient (Wildman–Crippen LogP) is 5.95. The molecule has 0 aliphatic rings.